The number of rotatable bonds is 4. The summed E-state index contributed by atoms with van der Waals surface area (Å²) in [5, 5.41) is 0. The fourth-order valence-electron chi connectivity index (χ4n) is 3.77. The van der Waals surface area contributed by atoms with Crippen molar-refractivity contribution >= 4 is 17.5 Å². The molecule has 0 atom stereocenters. The Hall–Kier alpha value is -3.60. The Morgan fingerprint density at radius 3 is 2.45 bits per heavy atom. The highest BCUT2D eigenvalue weighted by Gasteiger charge is 2.22. The molecule has 0 unspecified atom stereocenters. The number of aryl methyl sites for hydroxylation is 1. The first-order chi connectivity index (χ1) is 15.0. The van der Waals surface area contributed by atoms with E-state index >= 15 is 0 Å². The van der Waals surface area contributed by atoms with Gasteiger partial charge in [-0.2, -0.15) is 0 Å². The SMILES string of the molecule is CC(=O)N(Cc1ccc2c(c1)CN(C(=O)c1ccccc1)CCO2)c1ccc(C)cc1. The van der Waals surface area contributed by atoms with Crippen LogP contribution in [0, 0.1) is 6.92 Å². The Balaban J connectivity index is 1.57. The maximum Gasteiger partial charge on any atom is 0.254 e. The van der Waals surface area contributed by atoms with E-state index in [0.717, 1.165) is 28.1 Å². The molecule has 5 heteroatoms. The Bertz CT molecular complexity index is 1080. The molecule has 0 bridgehead atoms. The van der Waals surface area contributed by atoms with Gasteiger partial charge < -0.3 is 14.5 Å². The highest BCUT2D eigenvalue weighted by Crippen LogP contribution is 2.27. The Kier molecular flexibility index (Phi) is 6.03. The van der Waals surface area contributed by atoms with Crippen LogP contribution in [0.4, 0.5) is 5.69 Å². The van der Waals surface area contributed by atoms with E-state index in [1.54, 1.807) is 11.8 Å². The normalized spacial score (nSPS) is 13.0. The molecule has 0 radical (unpaired) electrons. The van der Waals surface area contributed by atoms with Gasteiger partial charge in [-0.05, 0) is 48.9 Å². The zero-order valence-electron chi connectivity index (χ0n) is 17.9. The average Bonchev–Trinajstić information content (AvgIpc) is 3.00. The predicted molar refractivity (Wildman–Crippen MR) is 121 cm³/mol. The first kappa shape index (κ1) is 20.7. The van der Waals surface area contributed by atoms with E-state index in [1.165, 1.54) is 0 Å². The van der Waals surface area contributed by atoms with Gasteiger partial charge in [-0.15, -0.1) is 0 Å². The molecule has 2 amide bonds. The molecule has 158 valence electrons. The lowest BCUT2D eigenvalue weighted by Gasteiger charge is -2.23. The van der Waals surface area contributed by atoms with E-state index < -0.39 is 0 Å². The lowest BCUT2D eigenvalue weighted by atomic mass is 10.1. The summed E-state index contributed by atoms with van der Waals surface area (Å²) in [7, 11) is 0. The van der Waals surface area contributed by atoms with Crippen LogP contribution < -0.4 is 9.64 Å². The highest BCUT2D eigenvalue weighted by atomic mass is 16.5. The van der Waals surface area contributed by atoms with Crippen LogP contribution in [0.25, 0.3) is 0 Å². The number of carbonyl (C=O) groups excluding carboxylic acids is 2. The third-order valence-corrected chi connectivity index (χ3v) is 5.48. The van der Waals surface area contributed by atoms with E-state index in [0.29, 0.717) is 31.8 Å². The van der Waals surface area contributed by atoms with E-state index in [1.807, 2.05) is 84.6 Å². The maximum absolute atomic E-state index is 12.9. The van der Waals surface area contributed by atoms with Crippen LogP contribution in [-0.2, 0) is 17.9 Å². The first-order valence-corrected chi connectivity index (χ1v) is 10.4. The Labute approximate surface area is 182 Å². The number of benzene rings is 3. The van der Waals surface area contributed by atoms with Crippen molar-refractivity contribution in [3.8, 4) is 5.75 Å². The number of anilines is 1. The molecule has 0 saturated carbocycles. The standard InChI is InChI=1S/C26H26N2O3/c1-19-8-11-24(12-9-19)28(20(2)29)17-21-10-13-25-23(16-21)18-27(14-15-31-25)26(30)22-6-4-3-5-7-22/h3-13,16H,14-15,17-18H2,1-2H3. The van der Waals surface area contributed by atoms with Gasteiger partial charge in [0.2, 0.25) is 5.91 Å². The average molecular weight is 415 g/mol. The summed E-state index contributed by atoms with van der Waals surface area (Å²) in [6.07, 6.45) is 0. The lowest BCUT2D eigenvalue weighted by molar-refractivity contribution is -0.116. The highest BCUT2D eigenvalue weighted by molar-refractivity contribution is 5.94. The summed E-state index contributed by atoms with van der Waals surface area (Å²) in [4.78, 5) is 28.8. The summed E-state index contributed by atoms with van der Waals surface area (Å²) in [5.74, 6) is 0.764. The van der Waals surface area contributed by atoms with E-state index in [4.69, 9.17) is 4.74 Å². The van der Waals surface area contributed by atoms with Gasteiger partial charge in [-0.25, -0.2) is 0 Å². The van der Waals surface area contributed by atoms with Crippen LogP contribution in [0.15, 0.2) is 72.8 Å². The van der Waals surface area contributed by atoms with Gasteiger partial charge in [-0.1, -0.05) is 42.0 Å². The third-order valence-electron chi connectivity index (χ3n) is 5.48. The molecule has 3 aromatic carbocycles. The van der Waals surface area contributed by atoms with Gasteiger partial charge in [0.1, 0.15) is 12.4 Å². The van der Waals surface area contributed by atoms with Crippen molar-refractivity contribution in [2.75, 3.05) is 18.1 Å². The number of hydrogen-bond acceptors (Lipinski definition) is 3. The summed E-state index contributed by atoms with van der Waals surface area (Å²) < 4.78 is 5.90. The molecular weight excluding hydrogens is 388 g/mol. The Morgan fingerprint density at radius 2 is 1.74 bits per heavy atom. The number of amides is 2. The summed E-state index contributed by atoms with van der Waals surface area (Å²) in [5.41, 5.74) is 4.63. The monoisotopic (exact) mass is 414 g/mol. The fourth-order valence-corrected chi connectivity index (χ4v) is 3.77. The lowest BCUT2D eigenvalue weighted by Crippen LogP contribution is -2.32. The van der Waals surface area contributed by atoms with Gasteiger partial charge in [0.15, 0.2) is 0 Å². The predicted octanol–water partition coefficient (Wildman–Crippen LogP) is 4.58. The van der Waals surface area contributed by atoms with Gasteiger partial charge >= 0.3 is 0 Å². The number of hydrogen-bond donors (Lipinski definition) is 0. The molecule has 0 aliphatic carbocycles. The quantitative estimate of drug-likeness (QED) is 0.628. The van der Waals surface area contributed by atoms with Gasteiger partial charge in [0, 0.05) is 30.3 Å². The summed E-state index contributed by atoms with van der Waals surface area (Å²) in [6.45, 7) is 5.51. The second-order valence-electron chi connectivity index (χ2n) is 7.82. The zero-order valence-corrected chi connectivity index (χ0v) is 17.9. The Morgan fingerprint density at radius 1 is 1.00 bits per heavy atom. The summed E-state index contributed by atoms with van der Waals surface area (Å²) in [6, 6.07) is 23.2. The van der Waals surface area contributed by atoms with Crippen LogP contribution >= 0.6 is 0 Å². The second kappa shape index (κ2) is 9.04. The molecule has 0 fully saturated rings. The van der Waals surface area contributed by atoms with Crippen LogP contribution in [0.2, 0.25) is 0 Å². The first-order valence-electron chi connectivity index (χ1n) is 10.4. The molecule has 4 rings (SSSR count). The molecule has 1 heterocycles. The minimum atomic E-state index is -0.0177. The van der Waals surface area contributed by atoms with Crippen LogP contribution in [-0.4, -0.2) is 29.9 Å². The number of carbonyl (C=O) groups is 2. The van der Waals surface area contributed by atoms with Crippen LogP contribution in [0.3, 0.4) is 0 Å². The number of ether oxygens (including phenoxy) is 1. The smallest absolute Gasteiger partial charge is 0.254 e. The molecule has 1 aliphatic rings. The van der Waals surface area contributed by atoms with Crippen LogP contribution in [0.1, 0.15) is 34.0 Å². The topological polar surface area (TPSA) is 49.9 Å². The number of nitrogens with zero attached hydrogens (tertiary/aromatic N) is 2. The summed E-state index contributed by atoms with van der Waals surface area (Å²) >= 11 is 0. The minimum absolute atomic E-state index is 0.00697. The molecule has 0 spiro atoms. The van der Waals surface area contributed by atoms with Crippen molar-refractivity contribution in [1.29, 1.82) is 0 Å². The molecule has 0 aromatic heterocycles. The molecule has 3 aromatic rings. The van der Waals surface area contributed by atoms with E-state index in [-0.39, 0.29) is 11.8 Å². The molecule has 0 N–H and O–H groups in total. The van der Waals surface area contributed by atoms with Crippen molar-refractivity contribution in [1.82, 2.24) is 4.90 Å². The van der Waals surface area contributed by atoms with Gasteiger partial charge in [0.05, 0.1) is 13.1 Å². The van der Waals surface area contributed by atoms with Crippen molar-refractivity contribution in [2.45, 2.75) is 26.9 Å². The van der Waals surface area contributed by atoms with Crippen molar-refractivity contribution < 1.29 is 14.3 Å². The van der Waals surface area contributed by atoms with E-state index in [9.17, 15) is 9.59 Å². The largest absolute Gasteiger partial charge is 0.491 e. The van der Waals surface area contributed by atoms with Crippen molar-refractivity contribution in [2.24, 2.45) is 0 Å². The minimum Gasteiger partial charge on any atom is -0.491 e. The fraction of sp³-hybridized carbons (Fsp3) is 0.231. The van der Waals surface area contributed by atoms with Gasteiger partial charge in [-0.3, -0.25) is 9.59 Å². The van der Waals surface area contributed by atoms with E-state index in [2.05, 4.69) is 0 Å². The number of fused-ring (bicyclic) bond motifs is 1. The molecule has 1 aliphatic heterocycles. The third kappa shape index (κ3) is 4.77. The molecular formula is C26H26N2O3. The molecule has 31 heavy (non-hydrogen) atoms. The zero-order chi connectivity index (χ0) is 21.8. The maximum atomic E-state index is 12.9. The second-order valence-corrected chi connectivity index (χ2v) is 7.82. The van der Waals surface area contributed by atoms with Crippen molar-refractivity contribution in [3.63, 3.8) is 0 Å². The van der Waals surface area contributed by atoms with Crippen molar-refractivity contribution in [3.05, 3.63) is 95.1 Å². The van der Waals surface area contributed by atoms with Crippen LogP contribution in [0.5, 0.6) is 5.75 Å². The molecule has 0 saturated heterocycles. The molecule has 5 nitrogen and oxygen atoms in total. The van der Waals surface area contributed by atoms with Gasteiger partial charge in [0.25, 0.3) is 5.91 Å².